The highest BCUT2D eigenvalue weighted by Crippen LogP contribution is 2.32. The number of hydrogen-bond donors (Lipinski definition) is 2. The first kappa shape index (κ1) is 11.7. The number of nitrogens with one attached hydrogen (secondary N) is 1. The maximum atomic E-state index is 10.7. The van der Waals surface area contributed by atoms with Gasteiger partial charge in [0.15, 0.2) is 0 Å². The lowest BCUT2D eigenvalue weighted by Gasteiger charge is -2.36. The Morgan fingerprint density at radius 3 is 2.50 bits per heavy atom. The van der Waals surface area contributed by atoms with Gasteiger partial charge in [-0.25, -0.2) is 0 Å². The van der Waals surface area contributed by atoms with Crippen molar-refractivity contribution in [2.24, 2.45) is 11.3 Å². The van der Waals surface area contributed by atoms with Gasteiger partial charge in [-0.2, -0.15) is 0 Å². The fourth-order valence-electron chi connectivity index (χ4n) is 1.53. The number of piperidine rings is 1. The van der Waals surface area contributed by atoms with E-state index in [0.717, 1.165) is 13.0 Å². The van der Waals surface area contributed by atoms with E-state index < -0.39 is 5.97 Å². The van der Waals surface area contributed by atoms with Crippen LogP contribution in [-0.2, 0) is 4.79 Å². The van der Waals surface area contributed by atoms with Gasteiger partial charge in [-0.15, -0.1) is 12.4 Å². The van der Waals surface area contributed by atoms with E-state index in [1.165, 1.54) is 0 Å². The van der Waals surface area contributed by atoms with Crippen molar-refractivity contribution in [1.82, 2.24) is 5.32 Å². The molecule has 0 aromatic rings. The van der Waals surface area contributed by atoms with Gasteiger partial charge < -0.3 is 10.4 Å². The highest BCUT2D eigenvalue weighted by molar-refractivity contribution is 5.85. The van der Waals surface area contributed by atoms with E-state index in [0.29, 0.717) is 6.54 Å². The molecule has 1 heterocycles. The second-order valence-electron chi connectivity index (χ2n) is 3.83. The minimum atomic E-state index is -0.679. The van der Waals surface area contributed by atoms with Crippen LogP contribution in [0.4, 0.5) is 0 Å². The Kier molecular flexibility index (Phi) is 4.00. The summed E-state index contributed by atoms with van der Waals surface area (Å²) in [6, 6.07) is 0. The zero-order chi connectivity index (χ0) is 8.48. The Bertz CT molecular complexity index is 170. The Labute approximate surface area is 78.9 Å². The van der Waals surface area contributed by atoms with Crippen molar-refractivity contribution in [3.05, 3.63) is 0 Å². The Balaban J connectivity index is 0.00000121. The molecule has 1 aliphatic heterocycles. The molecule has 1 aliphatic rings. The third kappa shape index (κ3) is 2.35. The lowest BCUT2D eigenvalue weighted by atomic mass is 9.74. The summed E-state index contributed by atoms with van der Waals surface area (Å²) in [5, 5.41) is 11.9. The van der Waals surface area contributed by atoms with Crippen molar-refractivity contribution in [2.75, 3.05) is 13.1 Å². The summed E-state index contributed by atoms with van der Waals surface area (Å²) in [4.78, 5) is 10.7. The average molecular weight is 194 g/mol. The van der Waals surface area contributed by atoms with Gasteiger partial charge >= 0.3 is 5.97 Å². The fraction of sp³-hybridized carbons (Fsp3) is 0.875. The minimum absolute atomic E-state index is 0. The largest absolute Gasteiger partial charge is 0.481 e. The molecular formula is C8H16ClNO2. The van der Waals surface area contributed by atoms with E-state index >= 15 is 0 Å². The van der Waals surface area contributed by atoms with Crippen molar-refractivity contribution in [1.29, 1.82) is 0 Å². The van der Waals surface area contributed by atoms with Crippen molar-refractivity contribution in [2.45, 2.75) is 20.3 Å². The summed E-state index contributed by atoms with van der Waals surface area (Å²) in [5.74, 6) is -0.904. The lowest BCUT2D eigenvalue weighted by Crippen LogP contribution is -2.45. The molecule has 1 rings (SSSR count). The van der Waals surface area contributed by atoms with Crippen LogP contribution in [0, 0.1) is 11.3 Å². The van der Waals surface area contributed by atoms with Crippen LogP contribution in [0.5, 0.6) is 0 Å². The smallest absolute Gasteiger partial charge is 0.308 e. The highest BCUT2D eigenvalue weighted by atomic mass is 35.5. The van der Waals surface area contributed by atoms with Crippen LogP contribution in [0.2, 0.25) is 0 Å². The molecule has 1 unspecified atom stereocenters. The van der Waals surface area contributed by atoms with Crippen LogP contribution in [0.25, 0.3) is 0 Å². The summed E-state index contributed by atoms with van der Waals surface area (Å²) in [7, 11) is 0. The SMILES string of the molecule is CC1(C)CCNCC1C(=O)O.Cl. The molecule has 0 aliphatic carbocycles. The second-order valence-corrected chi connectivity index (χ2v) is 3.83. The van der Waals surface area contributed by atoms with Crippen molar-refractivity contribution >= 4 is 18.4 Å². The normalized spacial score (nSPS) is 27.3. The number of aliphatic carboxylic acids is 1. The van der Waals surface area contributed by atoms with Gasteiger partial charge in [0.2, 0.25) is 0 Å². The van der Waals surface area contributed by atoms with Crippen LogP contribution in [0.1, 0.15) is 20.3 Å². The molecule has 12 heavy (non-hydrogen) atoms. The summed E-state index contributed by atoms with van der Waals surface area (Å²) in [6.07, 6.45) is 0.948. The minimum Gasteiger partial charge on any atom is -0.481 e. The van der Waals surface area contributed by atoms with E-state index in [9.17, 15) is 4.79 Å². The summed E-state index contributed by atoms with van der Waals surface area (Å²) in [5.41, 5.74) is -0.0446. The van der Waals surface area contributed by atoms with Crippen molar-refractivity contribution in [3.63, 3.8) is 0 Å². The molecule has 0 saturated carbocycles. The third-order valence-electron chi connectivity index (χ3n) is 2.54. The highest BCUT2D eigenvalue weighted by Gasteiger charge is 2.36. The summed E-state index contributed by atoms with van der Waals surface area (Å²) >= 11 is 0. The van der Waals surface area contributed by atoms with Crippen LogP contribution in [0.15, 0.2) is 0 Å². The Morgan fingerprint density at radius 2 is 2.17 bits per heavy atom. The van der Waals surface area contributed by atoms with E-state index in [1.807, 2.05) is 13.8 Å². The molecular weight excluding hydrogens is 178 g/mol. The standard InChI is InChI=1S/C8H15NO2.ClH/c1-8(2)3-4-9-5-6(8)7(10)11;/h6,9H,3-5H2,1-2H3,(H,10,11);1H. The summed E-state index contributed by atoms with van der Waals surface area (Å²) < 4.78 is 0. The van der Waals surface area contributed by atoms with Crippen LogP contribution in [0.3, 0.4) is 0 Å². The first-order valence-electron chi connectivity index (χ1n) is 3.97. The van der Waals surface area contributed by atoms with Gasteiger partial charge in [0.05, 0.1) is 5.92 Å². The van der Waals surface area contributed by atoms with Crippen LogP contribution in [-0.4, -0.2) is 24.2 Å². The number of carboxylic acids is 1. The predicted octanol–water partition coefficient (Wildman–Crippen LogP) is 1.13. The number of carbonyl (C=O) groups is 1. The Hall–Kier alpha value is -0.280. The van der Waals surface area contributed by atoms with Gasteiger partial charge in [0.1, 0.15) is 0 Å². The second kappa shape index (κ2) is 4.10. The molecule has 0 amide bonds. The number of carboxylic acid groups (broad SMARTS) is 1. The first-order valence-corrected chi connectivity index (χ1v) is 3.97. The lowest BCUT2D eigenvalue weighted by molar-refractivity contribution is -0.146. The molecule has 0 bridgehead atoms. The molecule has 0 spiro atoms. The van der Waals surface area contributed by atoms with Crippen molar-refractivity contribution in [3.8, 4) is 0 Å². The van der Waals surface area contributed by atoms with E-state index in [2.05, 4.69) is 5.32 Å². The molecule has 0 aromatic heterocycles. The van der Waals surface area contributed by atoms with E-state index in [1.54, 1.807) is 0 Å². The molecule has 0 radical (unpaired) electrons. The van der Waals surface area contributed by atoms with Crippen molar-refractivity contribution < 1.29 is 9.90 Å². The average Bonchev–Trinajstić information content (AvgIpc) is 1.85. The zero-order valence-electron chi connectivity index (χ0n) is 7.46. The molecule has 1 atom stereocenters. The first-order chi connectivity index (χ1) is 5.04. The van der Waals surface area contributed by atoms with Gasteiger partial charge in [0, 0.05) is 6.54 Å². The third-order valence-corrected chi connectivity index (χ3v) is 2.54. The van der Waals surface area contributed by atoms with E-state index in [4.69, 9.17) is 5.11 Å². The molecule has 4 heteroatoms. The van der Waals surface area contributed by atoms with Crippen LogP contribution >= 0.6 is 12.4 Å². The quantitative estimate of drug-likeness (QED) is 0.657. The van der Waals surface area contributed by atoms with E-state index in [-0.39, 0.29) is 23.7 Å². The summed E-state index contributed by atoms with van der Waals surface area (Å²) in [6.45, 7) is 5.60. The topological polar surface area (TPSA) is 49.3 Å². The number of hydrogen-bond acceptors (Lipinski definition) is 2. The molecule has 3 nitrogen and oxygen atoms in total. The Morgan fingerprint density at radius 1 is 1.58 bits per heavy atom. The number of halogens is 1. The molecule has 1 saturated heterocycles. The number of rotatable bonds is 1. The molecule has 2 N–H and O–H groups in total. The van der Waals surface area contributed by atoms with Gasteiger partial charge in [-0.3, -0.25) is 4.79 Å². The fourth-order valence-corrected chi connectivity index (χ4v) is 1.53. The maximum Gasteiger partial charge on any atom is 0.308 e. The zero-order valence-corrected chi connectivity index (χ0v) is 8.28. The maximum absolute atomic E-state index is 10.7. The molecule has 0 aromatic carbocycles. The van der Waals surface area contributed by atoms with Gasteiger partial charge in [-0.05, 0) is 18.4 Å². The predicted molar refractivity (Wildman–Crippen MR) is 49.6 cm³/mol. The molecule has 1 fully saturated rings. The molecule has 72 valence electrons. The van der Waals surface area contributed by atoms with Crippen LogP contribution < -0.4 is 5.32 Å². The van der Waals surface area contributed by atoms with Gasteiger partial charge in [0.25, 0.3) is 0 Å². The van der Waals surface area contributed by atoms with Gasteiger partial charge in [-0.1, -0.05) is 13.8 Å². The monoisotopic (exact) mass is 193 g/mol.